The minimum atomic E-state index is -0.127. The number of benzene rings is 2. The number of nitrogens with one attached hydrogen (secondary N) is 1. The van der Waals surface area contributed by atoms with Gasteiger partial charge in [0.15, 0.2) is 0 Å². The quantitative estimate of drug-likeness (QED) is 0.537. The first-order chi connectivity index (χ1) is 12.1. The monoisotopic (exact) mass is 365 g/mol. The fourth-order valence-electron chi connectivity index (χ4n) is 2.62. The van der Waals surface area contributed by atoms with E-state index in [1.54, 1.807) is 11.3 Å². The van der Waals surface area contributed by atoms with Gasteiger partial charge in [-0.25, -0.2) is 9.97 Å². The molecule has 124 valence electrons. The van der Waals surface area contributed by atoms with Crippen LogP contribution in [0.4, 0.5) is 5.69 Å². The first-order valence-electron chi connectivity index (χ1n) is 7.81. The maximum absolute atomic E-state index is 12.7. The summed E-state index contributed by atoms with van der Waals surface area (Å²) in [5.74, 6) is -0.127. The van der Waals surface area contributed by atoms with Gasteiger partial charge in [-0.05, 0) is 32.0 Å². The number of anilines is 1. The van der Waals surface area contributed by atoms with Crippen LogP contribution < -0.4 is 5.32 Å². The Kier molecular flexibility index (Phi) is 4.07. The molecule has 1 amide bonds. The van der Waals surface area contributed by atoms with E-state index in [1.165, 1.54) is 11.3 Å². The Hall–Kier alpha value is -2.57. The average molecular weight is 365 g/mol. The molecule has 4 rings (SSSR count). The summed E-state index contributed by atoms with van der Waals surface area (Å²) in [4.78, 5) is 22.3. The summed E-state index contributed by atoms with van der Waals surface area (Å²) in [5.41, 5.74) is 3.50. The number of thiazole rings is 2. The van der Waals surface area contributed by atoms with Crippen LogP contribution >= 0.6 is 22.7 Å². The first-order valence-corrected chi connectivity index (χ1v) is 9.45. The Balaban J connectivity index is 1.61. The Morgan fingerprint density at radius 2 is 1.80 bits per heavy atom. The number of carbonyl (C=O) groups excluding carboxylic acids is 1. The van der Waals surface area contributed by atoms with Crippen LogP contribution in [-0.2, 0) is 0 Å². The van der Waals surface area contributed by atoms with Crippen LogP contribution in [0.2, 0.25) is 0 Å². The minimum absolute atomic E-state index is 0.127. The molecule has 2 heterocycles. The zero-order valence-corrected chi connectivity index (χ0v) is 15.4. The number of hydrogen-bond donors (Lipinski definition) is 1. The number of aromatic nitrogens is 2. The van der Waals surface area contributed by atoms with E-state index >= 15 is 0 Å². The van der Waals surface area contributed by atoms with Crippen LogP contribution in [-0.4, -0.2) is 15.9 Å². The summed E-state index contributed by atoms with van der Waals surface area (Å²) < 4.78 is 1.07. The maximum atomic E-state index is 12.7. The summed E-state index contributed by atoms with van der Waals surface area (Å²) in [6.07, 6.45) is 0. The number of amides is 1. The van der Waals surface area contributed by atoms with Gasteiger partial charge in [0.25, 0.3) is 5.91 Å². The Morgan fingerprint density at radius 1 is 1.00 bits per heavy atom. The molecular weight excluding hydrogens is 350 g/mol. The van der Waals surface area contributed by atoms with E-state index in [0.717, 1.165) is 37.2 Å². The highest BCUT2D eigenvalue weighted by molar-refractivity contribution is 7.18. The lowest BCUT2D eigenvalue weighted by molar-refractivity contribution is 0.103. The Morgan fingerprint density at radius 3 is 2.60 bits per heavy atom. The predicted molar refractivity (Wildman–Crippen MR) is 105 cm³/mol. The molecule has 2 aromatic heterocycles. The summed E-state index contributed by atoms with van der Waals surface area (Å²) >= 11 is 3.04. The summed E-state index contributed by atoms with van der Waals surface area (Å²) in [7, 11) is 0. The molecule has 0 aliphatic rings. The second-order valence-corrected chi connectivity index (χ2v) is 7.90. The van der Waals surface area contributed by atoms with Gasteiger partial charge in [-0.15, -0.1) is 22.7 Å². The van der Waals surface area contributed by atoms with E-state index in [2.05, 4.69) is 15.3 Å². The van der Waals surface area contributed by atoms with Crippen molar-refractivity contribution in [3.63, 3.8) is 0 Å². The standard InChI is InChI=1S/C19H15N3OS2/c1-11-17(25-19(20-11)13-6-4-3-5-7-13)18(23)22-14-8-9-15-16(10-14)24-12(2)21-15/h3-10H,1-2H3,(H,22,23). The van der Waals surface area contributed by atoms with Crippen LogP contribution in [0.15, 0.2) is 48.5 Å². The summed E-state index contributed by atoms with van der Waals surface area (Å²) in [6.45, 7) is 3.85. The van der Waals surface area contributed by atoms with Gasteiger partial charge in [-0.2, -0.15) is 0 Å². The third-order valence-corrected chi connectivity index (χ3v) is 5.92. The van der Waals surface area contributed by atoms with Gasteiger partial charge in [0.05, 0.1) is 20.9 Å². The first kappa shape index (κ1) is 15.9. The molecule has 4 nitrogen and oxygen atoms in total. The molecule has 0 aliphatic carbocycles. The van der Waals surface area contributed by atoms with Crippen molar-refractivity contribution in [2.24, 2.45) is 0 Å². The van der Waals surface area contributed by atoms with E-state index in [0.29, 0.717) is 4.88 Å². The van der Waals surface area contributed by atoms with E-state index in [4.69, 9.17) is 0 Å². The van der Waals surface area contributed by atoms with Crippen molar-refractivity contribution in [2.75, 3.05) is 5.32 Å². The molecule has 0 spiro atoms. The highest BCUT2D eigenvalue weighted by atomic mass is 32.1. The van der Waals surface area contributed by atoms with Crippen molar-refractivity contribution in [1.82, 2.24) is 9.97 Å². The summed E-state index contributed by atoms with van der Waals surface area (Å²) in [6, 6.07) is 15.7. The summed E-state index contributed by atoms with van der Waals surface area (Å²) in [5, 5.41) is 4.85. The van der Waals surface area contributed by atoms with E-state index in [1.807, 2.05) is 62.4 Å². The molecule has 6 heteroatoms. The maximum Gasteiger partial charge on any atom is 0.267 e. The lowest BCUT2D eigenvalue weighted by atomic mass is 10.2. The molecule has 0 saturated carbocycles. The second kappa shape index (κ2) is 6.38. The van der Waals surface area contributed by atoms with Crippen molar-refractivity contribution in [3.05, 3.63) is 64.1 Å². The highest BCUT2D eigenvalue weighted by Crippen LogP contribution is 2.29. The number of carbonyl (C=O) groups is 1. The number of aryl methyl sites for hydroxylation is 2. The van der Waals surface area contributed by atoms with Gasteiger partial charge in [-0.3, -0.25) is 4.79 Å². The highest BCUT2D eigenvalue weighted by Gasteiger charge is 2.16. The number of nitrogens with zero attached hydrogens (tertiary/aromatic N) is 2. The van der Waals surface area contributed by atoms with Crippen LogP contribution in [0.1, 0.15) is 20.4 Å². The topological polar surface area (TPSA) is 54.9 Å². The van der Waals surface area contributed by atoms with Gasteiger partial charge < -0.3 is 5.32 Å². The molecule has 0 unspecified atom stereocenters. The smallest absolute Gasteiger partial charge is 0.267 e. The van der Waals surface area contributed by atoms with Crippen LogP contribution in [0, 0.1) is 13.8 Å². The van der Waals surface area contributed by atoms with E-state index in [-0.39, 0.29) is 5.91 Å². The van der Waals surface area contributed by atoms with Crippen LogP contribution in [0.5, 0.6) is 0 Å². The molecule has 2 aromatic carbocycles. The van der Waals surface area contributed by atoms with Crippen molar-refractivity contribution in [3.8, 4) is 10.6 Å². The van der Waals surface area contributed by atoms with Crippen molar-refractivity contribution < 1.29 is 4.79 Å². The number of rotatable bonds is 3. The number of fused-ring (bicyclic) bond motifs is 1. The normalized spacial score (nSPS) is 11.0. The van der Waals surface area contributed by atoms with Gasteiger partial charge >= 0.3 is 0 Å². The molecule has 0 bridgehead atoms. The van der Waals surface area contributed by atoms with Crippen molar-refractivity contribution in [1.29, 1.82) is 0 Å². The Labute approximate surface area is 153 Å². The fourth-order valence-corrected chi connectivity index (χ4v) is 4.45. The predicted octanol–water partition coefficient (Wildman–Crippen LogP) is 5.29. The van der Waals surface area contributed by atoms with Gasteiger partial charge in [0, 0.05) is 11.3 Å². The van der Waals surface area contributed by atoms with Crippen molar-refractivity contribution >= 4 is 44.5 Å². The molecule has 0 aliphatic heterocycles. The van der Waals surface area contributed by atoms with Gasteiger partial charge in [0.2, 0.25) is 0 Å². The fraction of sp³-hybridized carbons (Fsp3) is 0.105. The zero-order valence-electron chi connectivity index (χ0n) is 13.7. The molecular formula is C19H15N3OS2. The van der Waals surface area contributed by atoms with Crippen LogP contribution in [0.25, 0.3) is 20.8 Å². The lowest BCUT2D eigenvalue weighted by Gasteiger charge is -2.03. The largest absolute Gasteiger partial charge is 0.321 e. The average Bonchev–Trinajstić information content (AvgIpc) is 3.17. The molecule has 0 atom stereocenters. The van der Waals surface area contributed by atoms with Crippen molar-refractivity contribution in [2.45, 2.75) is 13.8 Å². The Bertz CT molecular complexity index is 1070. The molecule has 0 fully saturated rings. The minimum Gasteiger partial charge on any atom is -0.321 e. The molecule has 25 heavy (non-hydrogen) atoms. The van der Waals surface area contributed by atoms with E-state index < -0.39 is 0 Å². The zero-order chi connectivity index (χ0) is 17.4. The molecule has 0 radical (unpaired) electrons. The van der Waals surface area contributed by atoms with Gasteiger partial charge in [0.1, 0.15) is 9.88 Å². The second-order valence-electron chi connectivity index (χ2n) is 5.67. The van der Waals surface area contributed by atoms with Gasteiger partial charge in [-0.1, -0.05) is 30.3 Å². The molecule has 0 saturated heterocycles. The SMILES string of the molecule is Cc1nc2ccc(NC(=O)c3sc(-c4ccccc4)nc3C)cc2s1. The molecule has 4 aromatic rings. The third-order valence-electron chi connectivity index (χ3n) is 3.78. The third kappa shape index (κ3) is 3.18. The number of hydrogen-bond acceptors (Lipinski definition) is 5. The van der Waals surface area contributed by atoms with E-state index in [9.17, 15) is 4.79 Å². The lowest BCUT2D eigenvalue weighted by Crippen LogP contribution is -2.11. The van der Waals surface area contributed by atoms with Crippen LogP contribution in [0.3, 0.4) is 0 Å². The molecule has 1 N–H and O–H groups in total.